The van der Waals surface area contributed by atoms with Crippen molar-refractivity contribution in [2.45, 2.75) is 18.7 Å². The van der Waals surface area contributed by atoms with Gasteiger partial charge in [-0.1, -0.05) is 13.8 Å². The van der Waals surface area contributed by atoms with Crippen LogP contribution in [0.1, 0.15) is 13.8 Å². The molecule has 1 fully saturated rings. The van der Waals surface area contributed by atoms with Crippen molar-refractivity contribution in [3.63, 3.8) is 0 Å². The van der Waals surface area contributed by atoms with E-state index in [9.17, 15) is 8.42 Å². The molecule has 2 rings (SSSR count). The second-order valence-electron chi connectivity index (χ2n) is 4.66. The van der Waals surface area contributed by atoms with Crippen molar-refractivity contribution in [3.8, 4) is 0 Å². The van der Waals surface area contributed by atoms with Crippen LogP contribution in [-0.4, -0.2) is 30.8 Å². The Bertz CT molecular complexity index is 505. The Morgan fingerprint density at radius 2 is 1.94 bits per heavy atom. The number of nitrogens with two attached hydrogens (primary N) is 1. The van der Waals surface area contributed by atoms with Gasteiger partial charge in [0.05, 0.1) is 0 Å². The van der Waals surface area contributed by atoms with E-state index in [1.165, 1.54) is 16.6 Å². The van der Waals surface area contributed by atoms with Crippen molar-refractivity contribution in [2.75, 3.05) is 18.8 Å². The zero-order chi connectivity index (χ0) is 12.6. The molecular formula is C11H17N3O2S. The molecule has 17 heavy (non-hydrogen) atoms. The normalized spacial score (nSPS) is 26.2. The van der Waals surface area contributed by atoms with Gasteiger partial charge < -0.3 is 5.73 Å². The average Bonchev–Trinajstić information content (AvgIpc) is 2.60. The molecule has 0 aromatic carbocycles. The zero-order valence-corrected chi connectivity index (χ0v) is 10.8. The van der Waals surface area contributed by atoms with E-state index in [1.54, 1.807) is 6.07 Å². The number of hydrogen-bond acceptors (Lipinski definition) is 4. The van der Waals surface area contributed by atoms with Gasteiger partial charge >= 0.3 is 0 Å². The van der Waals surface area contributed by atoms with Crippen molar-refractivity contribution in [3.05, 3.63) is 18.3 Å². The minimum absolute atomic E-state index is 0.0692. The molecule has 0 radical (unpaired) electrons. The Morgan fingerprint density at radius 3 is 2.47 bits per heavy atom. The molecule has 1 aromatic heterocycles. The maximum Gasteiger partial charge on any atom is 0.246 e. The van der Waals surface area contributed by atoms with Gasteiger partial charge in [0.2, 0.25) is 10.0 Å². The van der Waals surface area contributed by atoms with Crippen LogP contribution in [0.4, 0.5) is 5.82 Å². The topological polar surface area (TPSA) is 76.3 Å². The molecule has 2 N–H and O–H groups in total. The minimum atomic E-state index is -3.49. The van der Waals surface area contributed by atoms with Crippen LogP contribution in [-0.2, 0) is 10.0 Å². The summed E-state index contributed by atoms with van der Waals surface area (Å²) in [7, 11) is -3.49. The molecule has 6 heteroatoms. The number of aromatic nitrogens is 1. The van der Waals surface area contributed by atoms with Gasteiger partial charge in [0.1, 0.15) is 10.7 Å². The molecule has 2 heterocycles. The summed E-state index contributed by atoms with van der Waals surface area (Å²) in [6.07, 6.45) is 1.49. The Morgan fingerprint density at radius 1 is 1.35 bits per heavy atom. The number of anilines is 1. The lowest BCUT2D eigenvalue weighted by Gasteiger charge is -2.16. The Kier molecular flexibility index (Phi) is 3.09. The molecule has 5 nitrogen and oxygen atoms in total. The molecule has 1 aromatic rings. The molecule has 2 unspecified atom stereocenters. The van der Waals surface area contributed by atoms with Gasteiger partial charge in [-0.25, -0.2) is 13.4 Å². The van der Waals surface area contributed by atoms with Crippen LogP contribution in [0.25, 0.3) is 0 Å². The summed E-state index contributed by atoms with van der Waals surface area (Å²) in [4.78, 5) is 3.94. The van der Waals surface area contributed by atoms with Crippen LogP contribution in [0.15, 0.2) is 23.2 Å². The van der Waals surface area contributed by atoms with Crippen molar-refractivity contribution in [1.29, 1.82) is 0 Å². The van der Waals surface area contributed by atoms with Crippen molar-refractivity contribution in [1.82, 2.24) is 9.29 Å². The SMILES string of the molecule is CC1CN(S(=O)(=O)c2cccnc2N)CC1C. The highest BCUT2D eigenvalue weighted by Gasteiger charge is 2.35. The molecule has 0 spiro atoms. The lowest BCUT2D eigenvalue weighted by molar-refractivity contribution is 0.463. The van der Waals surface area contributed by atoms with Crippen molar-refractivity contribution in [2.24, 2.45) is 11.8 Å². The predicted octanol–water partition coefficient (Wildman–Crippen LogP) is 0.940. The highest BCUT2D eigenvalue weighted by molar-refractivity contribution is 7.89. The summed E-state index contributed by atoms with van der Waals surface area (Å²) in [5.41, 5.74) is 5.63. The van der Waals surface area contributed by atoms with Crippen LogP contribution >= 0.6 is 0 Å². The van der Waals surface area contributed by atoms with Crippen LogP contribution in [0.2, 0.25) is 0 Å². The maximum absolute atomic E-state index is 12.4. The first kappa shape index (κ1) is 12.3. The van der Waals surface area contributed by atoms with E-state index >= 15 is 0 Å². The summed E-state index contributed by atoms with van der Waals surface area (Å²) < 4.78 is 26.2. The lowest BCUT2D eigenvalue weighted by Crippen LogP contribution is -2.29. The third-order valence-corrected chi connectivity index (χ3v) is 5.25. The van der Waals surface area contributed by atoms with Gasteiger partial charge in [0.15, 0.2) is 0 Å². The van der Waals surface area contributed by atoms with Gasteiger partial charge in [0, 0.05) is 19.3 Å². The van der Waals surface area contributed by atoms with Gasteiger partial charge in [-0.2, -0.15) is 4.31 Å². The molecule has 0 aliphatic carbocycles. The standard InChI is InChI=1S/C11H17N3O2S/c1-8-6-14(7-9(8)2)17(15,16)10-4-3-5-13-11(10)12/h3-5,8-9H,6-7H2,1-2H3,(H2,12,13). The van der Waals surface area contributed by atoms with E-state index in [4.69, 9.17) is 5.73 Å². The summed E-state index contributed by atoms with van der Waals surface area (Å²) >= 11 is 0. The fourth-order valence-electron chi connectivity index (χ4n) is 2.03. The minimum Gasteiger partial charge on any atom is -0.383 e. The van der Waals surface area contributed by atoms with E-state index in [2.05, 4.69) is 18.8 Å². The smallest absolute Gasteiger partial charge is 0.246 e. The van der Waals surface area contributed by atoms with Gasteiger partial charge in [0.25, 0.3) is 0 Å². The fraction of sp³-hybridized carbons (Fsp3) is 0.545. The van der Waals surface area contributed by atoms with Crippen LogP contribution in [0, 0.1) is 11.8 Å². The van der Waals surface area contributed by atoms with E-state index in [0.29, 0.717) is 24.9 Å². The molecule has 1 aliphatic rings. The largest absolute Gasteiger partial charge is 0.383 e. The second kappa shape index (κ2) is 4.27. The highest BCUT2D eigenvalue weighted by atomic mass is 32.2. The molecule has 94 valence electrons. The third-order valence-electron chi connectivity index (χ3n) is 3.37. The second-order valence-corrected chi connectivity index (χ2v) is 6.57. The van der Waals surface area contributed by atoms with Crippen LogP contribution in [0.3, 0.4) is 0 Å². The van der Waals surface area contributed by atoms with E-state index in [-0.39, 0.29) is 10.7 Å². The predicted molar refractivity (Wildman–Crippen MR) is 65.7 cm³/mol. The zero-order valence-electron chi connectivity index (χ0n) is 10.00. The molecular weight excluding hydrogens is 238 g/mol. The van der Waals surface area contributed by atoms with E-state index in [0.717, 1.165) is 0 Å². The molecule has 0 saturated carbocycles. The van der Waals surface area contributed by atoms with Crippen molar-refractivity contribution >= 4 is 15.8 Å². The molecule has 1 aliphatic heterocycles. The van der Waals surface area contributed by atoms with Gasteiger partial charge in [-0.05, 0) is 24.0 Å². The first-order chi connectivity index (χ1) is 7.93. The first-order valence-electron chi connectivity index (χ1n) is 5.63. The number of nitrogens with zero attached hydrogens (tertiary/aromatic N) is 2. The van der Waals surface area contributed by atoms with Crippen LogP contribution in [0.5, 0.6) is 0 Å². The quantitative estimate of drug-likeness (QED) is 0.853. The Labute approximate surface area is 102 Å². The van der Waals surface area contributed by atoms with Crippen molar-refractivity contribution < 1.29 is 8.42 Å². The molecule has 2 atom stereocenters. The number of hydrogen-bond donors (Lipinski definition) is 1. The number of rotatable bonds is 2. The summed E-state index contributed by atoms with van der Waals surface area (Å²) in [6.45, 7) is 5.23. The Balaban J connectivity index is 2.36. The monoisotopic (exact) mass is 255 g/mol. The number of nitrogen functional groups attached to an aromatic ring is 1. The average molecular weight is 255 g/mol. The van der Waals surface area contributed by atoms with Gasteiger partial charge in [-0.15, -0.1) is 0 Å². The molecule has 0 bridgehead atoms. The number of sulfonamides is 1. The van der Waals surface area contributed by atoms with E-state index < -0.39 is 10.0 Å². The van der Waals surface area contributed by atoms with Crippen LogP contribution < -0.4 is 5.73 Å². The lowest BCUT2D eigenvalue weighted by atomic mass is 10.0. The summed E-state index contributed by atoms with van der Waals surface area (Å²) in [5, 5.41) is 0. The number of pyridine rings is 1. The molecule has 0 amide bonds. The summed E-state index contributed by atoms with van der Waals surface area (Å²) in [5.74, 6) is 0.824. The summed E-state index contributed by atoms with van der Waals surface area (Å²) in [6, 6.07) is 3.09. The Hall–Kier alpha value is -1.14. The maximum atomic E-state index is 12.4. The highest BCUT2D eigenvalue weighted by Crippen LogP contribution is 2.29. The van der Waals surface area contributed by atoms with E-state index in [1.807, 2.05) is 0 Å². The first-order valence-corrected chi connectivity index (χ1v) is 7.07. The van der Waals surface area contributed by atoms with Gasteiger partial charge in [-0.3, -0.25) is 0 Å². The fourth-order valence-corrected chi connectivity index (χ4v) is 3.74. The molecule has 1 saturated heterocycles. The third kappa shape index (κ3) is 2.14.